The Labute approximate surface area is 111 Å². The number of hydrogen-bond acceptors (Lipinski definition) is 4. The van der Waals surface area contributed by atoms with E-state index in [1.54, 1.807) is 12.1 Å². The molecule has 1 aliphatic heterocycles. The van der Waals surface area contributed by atoms with Gasteiger partial charge in [-0.15, -0.1) is 11.3 Å². The highest BCUT2D eigenvalue weighted by molar-refractivity contribution is 7.91. The molecule has 8 heteroatoms. The molecule has 1 aromatic rings. The molecular formula is C9H13BClNO3S2. The van der Waals surface area contributed by atoms with Gasteiger partial charge < -0.3 is 4.74 Å². The van der Waals surface area contributed by atoms with Crippen LogP contribution in [0.1, 0.15) is 6.92 Å². The molecule has 0 bridgehead atoms. The normalized spacial score (nSPS) is 27.2. The van der Waals surface area contributed by atoms with E-state index < -0.39 is 10.0 Å². The summed E-state index contributed by atoms with van der Waals surface area (Å²) in [5.74, 6) is -0.148. The quantitative estimate of drug-likeness (QED) is 0.757. The molecule has 1 fully saturated rings. The largest absolute Gasteiger partial charge is 0.379 e. The molecule has 94 valence electrons. The highest BCUT2D eigenvalue weighted by Crippen LogP contribution is 2.30. The van der Waals surface area contributed by atoms with Crippen LogP contribution in [0.25, 0.3) is 0 Å². The van der Waals surface area contributed by atoms with Gasteiger partial charge in [-0.2, -0.15) is 4.31 Å². The Bertz CT molecular complexity index is 494. The lowest BCUT2D eigenvalue weighted by Gasteiger charge is -2.37. The van der Waals surface area contributed by atoms with Crippen LogP contribution in [-0.4, -0.2) is 45.8 Å². The van der Waals surface area contributed by atoms with Gasteiger partial charge in [0, 0.05) is 12.0 Å². The van der Waals surface area contributed by atoms with Crippen molar-refractivity contribution < 1.29 is 13.2 Å². The molecule has 0 N–H and O–H groups in total. The van der Waals surface area contributed by atoms with Gasteiger partial charge in [0.25, 0.3) is 10.0 Å². The van der Waals surface area contributed by atoms with Gasteiger partial charge in [-0.05, 0) is 19.1 Å². The summed E-state index contributed by atoms with van der Waals surface area (Å²) < 4.78 is 32.5. The van der Waals surface area contributed by atoms with Crippen molar-refractivity contribution in [3.63, 3.8) is 0 Å². The zero-order valence-electron chi connectivity index (χ0n) is 9.59. The van der Waals surface area contributed by atoms with Crippen LogP contribution in [0, 0.1) is 0 Å². The van der Waals surface area contributed by atoms with E-state index in [2.05, 4.69) is 0 Å². The smallest absolute Gasteiger partial charge is 0.252 e. The molecule has 0 saturated carbocycles. The number of ether oxygens (including phenoxy) is 1. The molecule has 0 spiro atoms. The zero-order chi connectivity index (χ0) is 12.6. The van der Waals surface area contributed by atoms with Crippen LogP contribution in [0.2, 0.25) is 4.34 Å². The summed E-state index contributed by atoms with van der Waals surface area (Å²) in [5, 5.41) is 0. The minimum absolute atomic E-state index is 0.148. The Hall–Kier alpha value is -0.0751. The Morgan fingerprint density at radius 2 is 2.24 bits per heavy atom. The first-order valence-corrected chi connectivity index (χ1v) is 7.93. The first-order chi connectivity index (χ1) is 7.93. The average molecular weight is 294 g/mol. The SMILES string of the molecule is B[C@H]1COC[C@@H](C)N1S(=O)(=O)c1ccc(Cl)s1. The van der Waals surface area contributed by atoms with Crippen molar-refractivity contribution >= 4 is 40.8 Å². The van der Waals surface area contributed by atoms with Crippen LogP contribution in [0.5, 0.6) is 0 Å². The van der Waals surface area contributed by atoms with E-state index in [9.17, 15) is 8.42 Å². The summed E-state index contributed by atoms with van der Waals surface area (Å²) in [6.07, 6.45) is 0. The molecule has 2 atom stereocenters. The fourth-order valence-corrected chi connectivity index (χ4v) is 5.38. The summed E-state index contributed by atoms with van der Waals surface area (Å²) in [6, 6.07) is 3.01. The predicted octanol–water partition coefficient (Wildman–Crippen LogP) is 0.770. The third-order valence-corrected chi connectivity index (χ3v) is 6.49. The molecule has 1 aliphatic rings. The number of nitrogens with zero attached hydrogens (tertiary/aromatic N) is 1. The molecule has 0 aliphatic carbocycles. The van der Waals surface area contributed by atoms with Gasteiger partial charge in [-0.25, -0.2) is 8.42 Å². The standard InChI is InChI=1S/C9H13BClNO3S2/c1-6-4-15-5-7(10)12(6)17(13,14)9-3-2-8(11)16-9/h2-3,6-7H,4-5,10H2,1H3/t6-,7-/m1/s1. The van der Waals surface area contributed by atoms with Crippen LogP contribution in [-0.2, 0) is 14.8 Å². The van der Waals surface area contributed by atoms with Gasteiger partial charge >= 0.3 is 0 Å². The number of halogens is 1. The fraction of sp³-hybridized carbons (Fsp3) is 0.556. The predicted molar refractivity (Wildman–Crippen MR) is 71.0 cm³/mol. The molecule has 2 rings (SSSR count). The van der Waals surface area contributed by atoms with Gasteiger partial charge in [-0.1, -0.05) is 11.6 Å². The van der Waals surface area contributed by atoms with Crippen molar-refractivity contribution in [1.29, 1.82) is 0 Å². The third kappa shape index (κ3) is 2.53. The Kier molecular flexibility index (Phi) is 3.85. The Morgan fingerprint density at radius 3 is 2.76 bits per heavy atom. The minimum Gasteiger partial charge on any atom is -0.379 e. The second-order valence-corrected chi connectivity index (χ2v) is 7.91. The Balaban J connectivity index is 2.37. The number of hydrogen-bond donors (Lipinski definition) is 0. The lowest BCUT2D eigenvalue weighted by molar-refractivity contribution is 0.0256. The molecule has 0 unspecified atom stereocenters. The van der Waals surface area contributed by atoms with Crippen LogP contribution < -0.4 is 0 Å². The van der Waals surface area contributed by atoms with Crippen LogP contribution >= 0.6 is 22.9 Å². The molecule has 0 radical (unpaired) electrons. The van der Waals surface area contributed by atoms with Gasteiger partial charge in [-0.3, -0.25) is 0 Å². The first-order valence-electron chi connectivity index (χ1n) is 5.29. The molecule has 0 aromatic carbocycles. The lowest BCUT2D eigenvalue weighted by Crippen LogP contribution is -2.53. The van der Waals surface area contributed by atoms with E-state index in [0.717, 1.165) is 11.3 Å². The van der Waals surface area contributed by atoms with Crippen molar-refractivity contribution in [2.75, 3.05) is 13.2 Å². The fourth-order valence-electron chi connectivity index (χ4n) is 2.00. The van der Waals surface area contributed by atoms with Crippen LogP contribution in [0.15, 0.2) is 16.3 Å². The van der Waals surface area contributed by atoms with Crippen molar-refractivity contribution in [2.24, 2.45) is 0 Å². The maximum absolute atomic E-state index is 12.4. The van der Waals surface area contributed by atoms with E-state index in [-0.39, 0.29) is 12.0 Å². The topological polar surface area (TPSA) is 46.6 Å². The lowest BCUT2D eigenvalue weighted by atomic mass is 9.95. The van der Waals surface area contributed by atoms with E-state index >= 15 is 0 Å². The zero-order valence-corrected chi connectivity index (χ0v) is 12.0. The number of rotatable bonds is 2. The highest BCUT2D eigenvalue weighted by atomic mass is 35.5. The second-order valence-electron chi connectivity index (χ2n) is 4.13. The van der Waals surface area contributed by atoms with Crippen molar-refractivity contribution in [2.45, 2.75) is 23.1 Å². The van der Waals surface area contributed by atoms with Crippen LogP contribution in [0.4, 0.5) is 0 Å². The maximum atomic E-state index is 12.4. The van der Waals surface area contributed by atoms with Gasteiger partial charge in [0.1, 0.15) is 12.1 Å². The summed E-state index contributed by atoms with van der Waals surface area (Å²) in [7, 11) is -1.60. The summed E-state index contributed by atoms with van der Waals surface area (Å²) in [4.78, 5) is 0. The van der Waals surface area contributed by atoms with Crippen molar-refractivity contribution in [3.8, 4) is 0 Å². The molecule has 2 heterocycles. The maximum Gasteiger partial charge on any atom is 0.252 e. The monoisotopic (exact) mass is 293 g/mol. The third-order valence-electron chi connectivity index (χ3n) is 2.67. The van der Waals surface area contributed by atoms with Crippen molar-refractivity contribution in [1.82, 2.24) is 4.31 Å². The molecular weight excluding hydrogens is 281 g/mol. The van der Waals surface area contributed by atoms with Gasteiger partial charge in [0.15, 0.2) is 0 Å². The molecule has 1 aromatic heterocycles. The molecule has 4 nitrogen and oxygen atoms in total. The van der Waals surface area contributed by atoms with Gasteiger partial charge in [0.05, 0.1) is 17.6 Å². The summed E-state index contributed by atoms with van der Waals surface area (Å²) in [5.41, 5.74) is 0. The van der Waals surface area contributed by atoms with E-state index in [1.165, 1.54) is 4.31 Å². The number of sulfonamides is 1. The highest BCUT2D eigenvalue weighted by Gasteiger charge is 2.36. The molecule has 1 saturated heterocycles. The Morgan fingerprint density at radius 1 is 1.53 bits per heavy atom. The van der Waals surface area contributed by atoms with Gasteiger partial charge in [0.2, 0.25) is 0 Å². The van der Waals surface area contributed by atoms with E-state index in [0.29, 0.717) is 21.8 Å². The van der Waals surface area contributed by atoms with Crippen molar-refractivity contribution in [3.05, 3.63) is 16.5 Å². The van der Waals surface area contributed by atoms with Crippen LogP contribution in [0.3, 0.4) is 0 Å². The first kappa shape index (κ1) is 13.4. The number of morpholine rings is 1. The minimum atomic E-state index is -3.45. The summed E-state index contributed by atoms with van der Waals surface area (Å²) >= 11 is 6.88. The van der Waals surface area contributed by atoms with E-state index in [4.69, 9.17) is 16.3 Å². The number of thiophene rings is 1. The second kappa shape index (κ2) is 4.89. The van der Waals surface area contributed by atoms with E-state index in [1.807, 2.05) is 14.8 Å². The molecule has 17 heavy (non-hydrogen) atoms. The molecule has 0 amide bonds. The summed E-state index contributed by atoms with van der Waals surface area (Å²) in [6.45, 7) is 2.72. The average Bonchev–Trinajstić information content (AvgIpc) is 2.64.